The molecule has 120 valence electrons. The average molecular weight is 303 g/mol. The van der Waals surface area contributed by atoms with Crippen LogP contribution in [-0.4, -0.2) is 29.3 Å². The van der Waals surface area contributed by atoms with E-state index in [1.54, 1.807) is 6.08 Å². The van der Waals surface area contributed by atoms with Crippen LogP contribution < -0.4 is 10.1 Å². The van der Waals surface area contributed by atoms with Crippen molar-refractivity contribution in [2.24, 2.45) is 5.92 Å². The molecule has 1 aliphatic rings. The van der Waals surface area contributed by atoms with Gasteiger partial charge in [0.05, 0.1) is 18.2 Å². The van der Waals surface area contributed by atoms with Crippen LogP contribution in [0.3, 0.4) is 0 Å². The first-order chi connectivity index (χ1) is 10.4. The third-order valence-corrected chi connectivity index (χ3v) is 3.87. The van der Waals surface area contributed by atoms with Gasteiger partial charge in [-0.1, -0.05) is 12.1 Å². The second kappa shape index (κ2) is 6.97. The first kappa shape index (κ1) is 16.6. The fourth-order valence-electron chi connectivity index (χ4n) is 2.45. The lowest BCUT2D eigenvalue weighted by molar-refractivity contribution is -0.119. The molecular formula is C18H25NO3. The summed E-state index contributed by atoms with van der Waals surface area (Å²) >= 11 is 0. The molecule has 0 aliphatic heterocycles. The van der Waals surface area contributed by atoms with Gasteiger partial charge in [0.1, 0.15) is 5.75 Å². The third kappa shape index (κ3) is 4.60. The van der Waals surface area contributed by atoms with Crippen molar-refractivity contribution in [3.63, 3.8) is 0 Å². The van der Waals surface area contributed by atoms with Gasteiger partial charge in [-0.25, -0.2) is 0 Å². The van der Waals surface area contributed by atoms with E-state index in [9.17, 15) is 9.90 Å². The summed E-state index contributed by atoms with van der Waals surface area (Å²) in [7, 11) is 0. The number of nitrogens with one attached hydrogen (secondary N) is 1. The van der Waals surface area contributed by atoms with Gasteiger partial charge in [-0.15, -0.1) is 0 Å². The maximum atomic E-state index is 12.0. The van der Waals surface area contributed by atoms with Crippen molar-refractivity contribution in [3.8, 4) is 5.75 Å². The monoisotopic (exact) mass is 303 g/mol. The molecule has 1 aromatic carbocycles. The molecule has 1 saturated carbocycles. The quantitative estimate of drug-likeness (QED) is 0.762. The second-order valence-electron chi connectivity index (χ2n) is 6.41. The van der Waals surface area contributed by atoms with Crippen molar-refractivity contribution in [1.82, 2.24) is 5.32 Å². The molecule has 0 bridgehead atoms. The number of aliphatic hydroxyl groups is 1. The summed E-state index contributed by atoms with van der Waals surface area (Å²) in [6, 6.07) is 7.61. The Labute approximate surface area is 132 Å². The fraction of sp³-hybridized carbons (Fsp3) is 0.500. The number of benzene rings is 1. The van der Waals surface area contributed by atoms with Crippen LogP contribution in [0.2, 0.25) is 0 Å². The Hall–Kier alpha value is -1.81. The van der Waals surface area contributed by atoms with Crippen molar-refractivity contribution < 1.29 is 14.6 Å². The van der Waals surface area contributed by atoms with Crippen molar-refractivity contribution in [2.75, 3.05) is 6.61 Å². The normalized spacial score (nSPS) is 17.5. The van der Waals surface area contributed by atoms with Gasteiger partial charge in [0.2, 0.25) is 5.91 Å². The van der Waals surface area contributed by atoms with Crippen LogP contribution in [0.25, 0.3) is 6.08 Å². The van der Waals surface area contributed by atoms with Crippen molar-refractivity contribution in [3.05, 3.63) is 35.9 Å². The van der Waals surface area contributed by atoms with E-state index in [0.29, 0.717) is 5.92 Å². The van der Waals surface area contributed by atoms with Crippen LogP contribution in [0.5, 0.6) is 5.75 Å². The minimum atomic E-state index is -0.510. The van der Waals surface area contributed by atoms with Crippen molar-refractivity contribution in [2.45, 2.75) is 45.3 Å². The SMILES string of the molecule is CC(C)Oc1cccc(/C=C/C(=O)NC(C)(CO)C2CC2)c1. The predicted molar refractivity (Wildman–Crippen MR) is 87.6 cm³/mol. The highest BCUT2D eigenvalue weighted by atomic mass is 16.5. The van der Waals surface area contributed by atoms with Gasteiger partial charge in [0, 0.05) is 6.08 Å². The molecule has 1 atom stereocenters. The van der Waals surface area contributed by atoms with Crippen molar-refractivity contribution in [1.29, 1.82) is 0 Å². The van der Waals surface area contributed by atoms with Crippen LogP contribution in [0, 0.1) is 5.92 Å². The van der Waals surface area contributed by atoms with E-state index in [1.165, 1.54) is 6.08 Å². The molecule has 4 heteroatoms. The summed E-state index contributed by atoms with van der Waals surface area (Å²) in [4.78, 5) is 12.0. The van der Waals surface area contributed by atoms with Gasteiger partial charge in [-0.2, -0.15) is 0 Å². The first-order valence-electron chi connectivity index (χ1n) is 7.81. The Morgan fingerprint density at radius 2 is 2.23 bits per heavy atom. The zero-order chi connectivity index (χ0) is 16.2. The van der Waals surface area contributed by atoms with Crippen molar-refractivity contribution >= 4 is 12.0 Å². The van der Waals surface area contributed by atoms with E-state index in [4.69, 9.17) is 4.74 Å². The van der Waals surface area contributed by atoms with Crippen LogP contribution in [0.1, 0.15) is 39.2 Å². The molecule has 0 spiro atoms. The van der Waals surface area contributed by atoms with E-state index in [2.05, 4.69) is 5.32 Å². The number of hydrogen-bond acceptors (Lipinski definition) is 3. The highest BCUT2D eigenvalue weighted by molar-refractivity contribution is 5.92. The van der Waals surface area contributed by atoms with Crippen LogP contribution in [0.4, 0.5) is 0 Å². The number of carbonyl (C=O) groups excluding carboxylic acids is 1. The molecular weight excluding hydrogens is 278 g/mol. The molecule has 2 rings (SSSR count). The Bertz CT molecular complexity index is 549. The number of amides is 1. The van der Waals surface area contributed by atoms with Gasteiger partial charge in [0.25, 0.3) is 0 Å². The van der Waals surface area contributed by atoms with Crippen LogP contribution >= 0.6 is 0 Å². The number of hydrogen-bond donors (Lipinski definition) is 2. The zero-order valence-corrected chi connectivity index (χ0v) is 13.5. The number of carbonyl (C=O) groups is 1. The number of ether oxygens (including phenoxy) is 1. The Morgan fingerprint density at radius 1 is 1.50 bits per heavy atom. The standard InChI is InChI=1S/C18H25NO3/c1-13(2)22-16-6-4-5-14(11-16)7-10-17(21)19-18(3,12-20)15-8-9-15/h4-7,10-11,13,15,20H,8-9,12H2,1-3H3,(H,19,21)/b10-7+. The fourth-order valence-corrected chi connectivity index (χ4v) is 2.45. The van der Waals surface area contributed by atoms with Gasteiger partial charge in [-0.3, -0.25) is 4.79 Å². The lowest BCUT2D eigenvalue weighted by Gasteiger charge is -2.28. The smallest absolute Gasteiger partial charge is 0.244 e. The molecule has 1 aliphatic carbocycles. The number of rotatable bonds is 7. The molecule has 0 aromatic heterocycles. The largest absolute Gasteiger partial charge is 0.491 e. The van der Waals surface area contributed by atoms with E-state index in [0.717, 1.165) is 24.2 Å². The topological polar surface area (TPSA) is 58.6 Å². The lowest BCUT2D eigenvalue weighted by Crippen LogP contribution is -2.50. The molecule has 4 nitrogen and oxygen atoms in total. The van der Waals surface area contributed by atoms with Gasteiger partial charge < -0.3 is 15.2 Å². The minimum absolute atomic E-state index is 0.0328. The van der Waals surface area contributed by atoms with Crippen LogP contribution in [0.15, 0.2) is 30.3 Å². The summed E-state index contributed by atoms with van der Waals surface area (Å²) in [5.41, 5.74) is 0.398. The zero-order valence-electron chi connectivity index (χ0n) is 13.5. The van der Waals surface area contributed by atoms with E-state index in [1.807, 2.05) is 45.0 Å². The molecule has 1 amide bonds. The Balaban J connectivity index is 1.97. The van der Waals surface area contributed by atoms with Crippen LogP contribution in [-0.2, 0) is 4.79 Å². The highest BCUT2D eigenvalue weighted by Gasteiger charge is 2.41. The van der Waals surface area contributed by atoms with Gasteiger partial charge in [-0.05, 0) is 63.3 Å². The maximum Gasteiger partial charge on any atom is 0.244 e. The highest BCUT2D eigenvalue weighted by Crippen LogP contribution is 2.39. The van der Waals surface area contributed by atoms with Gasteiger partial charge in [0.15, 0.2) is 0 Å². The second-order valence-corrected chi connectivity index (χ2v) is 6.41. The summed E-state index contributed by atoms with van der Waals surface area (Å²) in [5.74, 6) is 0.993. The minimum Gasteiger partial charge on any atom is -0.491 e. The molecule has 0 radical (unpaired) electrons. The molecule has 0 saturated heterocycles. The lowest BCUT2D eigenvalue weighted by atomic mass is 9.97. The molecule has 0 heterocycles. The summed E-state index contributed by atoms with van der Waals surface area (Å²) in [6.07, 6.45) is 5.51. The summed E-state index contributed by atoms with van der Waals surface area (Å²) < 4.78 is 5.63. The Morgan fingerprint density at radius 3 is 2.82 bits per heavy atom. The third-order valence-electron chi connectivity index (χ3n) is 3.87. The first-order valence-corrected chi connectivity index (χ1v) is 7.81. The molecule has 1 fully saturated rings. The van der Waals surface area contributed by atoms with E-state index < -0.39 is 5.54 Å². The maximum absolute atomic E-state index is 12.0. The summed E-state index contributed by atoms with van der Waals surface area (Å²) in [5, 5.41) is 12.4. The van der Waals surface area contributed by atoms with E-state index >= 15 is 0 Å². The number of aliphatic hydroxyl groups excluding tert-OH is 1. The Kier molecular flexibility index (Phi) is 5.24. The molecule has 1 unspecified atom stereocenters. The van der Waals surface area contributed by atoms with E-state index in [-0.39, 0.29) is 18.6 Å². The molecule has 1 aromatic rings. The molecule has 2 N–H and O–H groups in total. The van der Waals surface area contributed by atoms with Gasteiger partial charge >= 0.3 is 0 Å². The summed E-state index contributed by atoms with van der Waals surface area (Å²) in [6.45, 7) is 5.82. The average Bonchev–Trinajstić information content (AvgIpc) is 3.30. The molecule has 22 heavy (non-hydrogen) atoms. The predicted octanol–water partition coefficient (Wildman–Crippen LogP) is 2.76.